The molecule has 1 heterocycles. The topological polar surface area (TPSA) is 25.8 Å². The van der Waals surface area contributed by atoms with Crippen LogP contribution in [0.1, 0.15) is 0 Å². The fourth-order valence-corrected chi connectivity index (χ4v) is 0.354. The van der Waals surface area contributed by atoms with Gasteiger partial charge in [-0.3, -0.25) is 0 Å². The Morgan fingerprint density at radius 1 is 1.80 bits per heavy atom. The molecule has 0 saturated heterocycles. The molecule has 0 unspecified atom stereocenters. The molecule has 26 valence electrons. The maximum atomic E-state index is 3.46. The minimum atomic E-state index is 1.23. The second kappa shape index (κ2) is 1.12. The van der Waals surface area contributed by atoms with Crippen LogP contribution in [0.2, 0.25) is 0 Å². The van der Waals surface area contributed by atoms with Crippen LogP contribution in [0.3, 0.4) is 0 Å². The summed E-state index contributed by atoms with van der Waals surface area (Å²) in [6.07, 6.45) is 1.53. The van der Waals surface area contributed by atoms with Crippen LogP contribution in [0, 0.1) is 5.38 Å². The van der Waals surface area contributed by atoms with Gasteiger partial charge in [0, 0.05) is 0 Å². The van der Waals surface area contributed by atoms with Gasteiger partial charge < -0.3 is 5.38 Å². The van der Waals surface area contributed by atoms with Gasteiger partial charge in [0.15, 0.2) is 0 Å². The molecule has 0 radical (unpaired) electrons. The van der Waals surface area contributed by atoms with Gasteiger partial charge in [0.2, 0.25) is 0 Å². The highest BCUT2D eigenvalue weighted by atomic mass is 32.1. The summed E-state index contributed by atoms with van der Waals surface area (Å²) < 4.78 is 3.46. The normalized spacial score (nSPS) is 8.00. The van der Waals surface area contributed by atoms with Crippen molar-refractivity contribution in [2.45, 2.75) is 0 Å². The molecule has 0 fully saturated rings. The SMILES string of the molecule is [c-]1cnns1. The molecular formula is C2HN2S-. The Labute approximate surface area is 33.6 Å². The second-order valence-electron chi connectivity index (χ2n) is 0.535. The smallest absolute Gasteiger partial charge is 0.118 e. The standard InChI is InChI=1S/C2HN2S/c1-2-5-4-3-1/h1H/q-1. The van der Waals surface area contributed by atoms with Crippen molar-refractivity contribution >= 4 is 11.5 Å². The van der Waals surface area contributed by atoms with E-state index in [1.165, 1.54) is 17.7 Å². The van der Waals surface area contributed by atoms with Crippen LogP contribution in [0.25, 0.3) is 0 Å². The van der Waals surface area contributed by atoms with Gasteiger partial charge in [-0.15, -0.1) is 10.7 Å². The van der Waals surface area contributed by atoms with Crippen LogP contribution in [-0.2, 0) is 0 Å². The van der Waals surface area contributed by atoms with Crippen LogP contribution in [0.4, 0.5) is 0 Å². The first-order valence-electron chi connectivity index (χ1n) is 1.13. The van der Waals surface area contributed by atoms with Gasteiger partial charge in [-0.1, -0.05) is 0 Å². The molecule has 0 aliphatic carbocycles. The monoisotopic (exact) mass is 85.0 g/mol. The molecule has 0 atom stereocenters. The van der Waals surface area contributed by atoms with E-state index in [2.05, 4.69) is 15.0 Å². The lowest BCUT2D eigenvalue weighted by Gasteiger charge is -1.58. The first-order valence-corrected chi connectivity index (χ1v) is 1.91. The van der Waals surface area contributed by atoms with Crippen molar-refractivity contribution in [3.05, 3.63) is 11.6 Å². The molecule has 0 aliphatic rings. The van der Waals surface area contributed by atoms with Crippen LogP contribution in [0.15, 0.2) is 6.20 Å². The Kier molecular flexibility index (Phi) is 0.624. The Morgan fingerprint density at radius 2 is 2.80 bits per heavy atom. The molecule has 0 amide bonds. The van der Waals surface area contributed by atoms with Gasteiger partial charge in [0.25, 0.3) is 0 Å². The highest BCUT2D eigenvalue weighted by Crippen LogP contribution is 1.76. The largest absolute Gasteiger partial charge is 0.366 e. The summed E-state index contributed by atoms with van der Waals surface area (Å²) in [5.41, 5.74) is 0. The molecule has 0 spiro atoms. The van der Waals surface area contributed by atoms with Crippen LogP contribution >= 0.6 is 11.5 Å². The highest BCUT2D eigenvalue weighted by molar-refractivity contribution is 7.02. The van der Waals surface area contributed by atoms with Gasteiger partial charge in [0.1, 0.15) is 0 Å². The summed E-state index contributed by atoms with van der Waals surface area (Å²) in [7, 11) is 0. The summed E-state index contributed by atoms with van der Waals surface area (Å²) in [6.45, 7) is 0. The summed E-state index contributed by atoms with van der Waals surface area (Å²) >= 11 is 1.23. The summed E-state index contributed by atoms with van der Waals surface area (Å²) in [5.74, 6) is 0. The number of aromatic nitrogens is 2. The van der Waals surface area contributed by atoms with E-state index in [9.17, 15) is 0 Å². The Hall–Kier alpha value is -0.440. The van der Waals surface area contributed by atoms with Crippen molar-refractivity contribution < 1.29 is 0 Å². The number of hydrogen-bond acceptors (Lipinski definition) is 3. The van der Waals surface area contributed by atoms with Gasteiger partial charge in [0.05, 0.1) is 0 Å². The molecule has 1 aromatic heterocycles. The zero-order chi connectivity index (χ0) is 3.54. The molecule has 2 nitrogen and oxygen atoms in total. The molecule has 0 N–H and O–H groups in total. The van der Waals surface area contributed by atoms with Gasteiger partial charge >= 0.3 is 0 Å². The molecular weight excluding hydrogens is 84.1 g/mol. The van der Waals surface area contributed by atoms with Crippen molar-refractivity contribution in [1.29, 1.82) is 0 Å². The molecule has 0 aromatic carbocycles. The maximum absolute atomic E-state index is 3.46. The van der Waals surface area contributed by atoms with Crippen molar-refractivity contribution in [2.24, 2.45) is 0 Å². The molecule has 1 rings (SSSR count). The minimum Gasteiger partial charge on any atom is -0.366 e. The number of rotatable bonds is 0. The predicted octanol–water partition coefficient (Wildman–Crippen LogP) is 0.338. The van der Waals surface area contributed by atoms with Crippen LogP contribution in [-0.4, -0.2) is 9.59 Å². The summed E-state index contributed by atoms with van der Waals surface area (Å²) in [4.78, 5) is 0. The van der Waals surface area contributed by atoms with Gasteiger partial charge in [-0.05, 0) is 0 Å². The van der Waals surface area contributed by atoms with Crippen molar-refractivity contribution in [2.75, 3.05) is 0 Å². The maximum Gasteiger partial charge on any atom is -0.118 e. The third-order valence-electron chi connectivity index (χ3n) is 0.251. The first-order chi connectivity index (χ1) is 2.50. The first kappa shape index (κ1) is 2.78. The fraction of sp³-hybridized carbons (Fsp3) is 0. The lowest BCUT2D eigenvalue weighted by atomic mass is 11.1. The van der Waals surface area contributed by atoms with Crippen LogP contribution in [0.5, 0.6) is 0 Å². The molecule has 0 saturated carbocycles. The minimum absolute atomic E-state index is 1.23. The highest BCUT2D eigenvalue weighted by Gasteiger charge is 1.43. The zero-order valence-corrected chi connectivity index (χ0v) is 3.20. The van der Waals surface area contributed by atoms with Crippen molar-refractivity contribution in [1.82, 2.24) is 9.59 Å². The lowest BCUT2D eigenvalue weighted by Crippen LogP contribution is -1.51. The van der Waals surface area contributed by atoms with Crippen molar-refractivity contribution in [3.8, 4) is 0 Å². The Bertz CT molecular complexity index is 64.1. The van der Waals surface area contributed by atoms with E-state index in [1.54, 1.807) is 0 Å². The fourth-order valence-electron chi connectivity index (χ4n) is 0.118. The van der Waals surface area contributed by atoms with E-state index in [1.807, 2.05) is 0 Å². The number of nitrogens with zero attached hydrogens (tertiary/aromatic N) is 2. The average molecular weight is 85.1 g/mol. The van der Waals surface area contributed by atoms with Crippen molar-refractivity contribution in [3.63, 3.8) is 0 Å². The number of hydrogen-bond donors (Lipinski definition) is 0. The quantitative estimate of drug-likeness (QED) is 0.424. The van der Waals surface area contributed by atoms with E-state index in [0.29, 0.717) is 0 Å². The molecule has 0 aliphatic heterocycles. The molecule has 3 heteroatoms. The Balaban J connectivity index is 3.13. The third-order valence-corrected chi connectivity index (χ3v) is 0.638. The lowest BCUT2D eigenvalue weighted by molar-refractivity contribution is 1.16. The zero-order valence-electron chi connectivity index (χ0n) is 2.38. The van der Waals surface area contributed by atoms with E-state index < -0.39 is 0 Å². The molecule has 5 heavy (non-hydrogen) atoms. The van der Waals surface area contributed by atoms with Gasteiger partial charge in [-0.25, -0.2) is 11.5 Å². The molecule has 1 aromatic rings. The predicted molar refractivity (Wildman–Crippen MR) is 18.7 cm³/mol. The average Bonchev–Trinajstić information content (AvgIpc) is 1.76. The van der Waals surface area contributed by atoms with E-state index in [-0.39, 0.29) is 0 Å². The Morgan fingerprint density at radius 3 is 3.00 bits per heavy atom. The summed E-state index contributed by atoms with van der Waals surface area (Å²) in [5, 5.41) is 6.12. The molecule has 0 bridgehead atoms. The second-order valence-corrected chi connectivity index (χ2v) is 1.12. The third kappa shape index (κ3) is 0.417. The van der Waals surface area contributed by atoms with Gasteiger partial charge in [-0.2, -0.15) is 5.10 Å². The summed E-state index contributed by atoms with van der Waals surface area (Å²) in [6, 6.07) is 0. The van der Waals surface area contributed by atoms with E-state index >= 15 is 0 Å². The van der Waals surface area contributed by atoms with E-state index in [4.69, 9.17) is 0 Å². The van der Waals surface area contributed by atoms with Crippen LogP contribution < -0.4 is 0 Å². The van der Waals surface area contributed by atoms with E-state index in [0.717, 1.165) is 0 Å².